The van der Waals surface area contributed by atoms with Crippen molar-refractivity contribution in [3.63, 3.8) is 0 Å². The molecule has 0 unspecified atom stereocenters. The average molecular weight is 279 g/mol. The molecule has 0 fully saturated rings. The maximum atomic E-state index is 11.8. The van der Waals surface area contributed by atoms with E-state index < -0.39 is 0 Å². The summed E-state index contributed by atoms with van der Waals surface area (Å²) in [6, 6.07) is 5.20. The smallest absolute Gasteiger partial charge is 0.226 e. The highest BCUT2D eigenvalue weighted by atomic mass is 16.5. The third-order valence-corrected chi connectivity index (χ3v) is 2.74. The van der Waals surface area contributed by atoms with Crippen LogP contribution in [0.5, 0.6) is 0 Å². The predicted octanol–water partition coefficient (Wildman–Crippen LogP) is 1.84. The Balaban J connectivity index is 2.64. The van der Waals surface area contributed by atoms with Crippen molar-refractivity contribution in [2.24, 2.45) is 10.9 Å². The Kier molecular flexibility index (Phi) is 6.52. The lowest BCUT2D eigenvalue weighted by atomic mass is 10.1. The summed E-state index contributed by atoms with van der Waals surface area (Å²) in [5.41, 5.74) is 7.63. The molecular formula is C14H21N3O3. The summed E-state index contributed by atoms with van der Waals surface area (Å²) in [4.78, 5) is 11.8. The van der Waals surface area contributed by atoms with Gasteiger partial charge in [-0.3, -0.25) is 4.79 Å². The Morgan fingerprint density at radius 3 is 2.85 bits per heavy atom. The number of ether oxygens (including phenoxy) is 1. The fourth-order valence-corrected chi connectivity index (χ4v) is 1.60. The van der Waals surface area contributed by atoms with Crippen molar-refractivity contribution in [1.82, 2.24) is 0 Å². The lowest BCUT2D eigenvalue weighted by Crippen LogP contribution is -2.17. The number of hydrogen-bond acceptors (Lipinski definition) is 4. The van der Waals surface area contributed by atoms with Crippen LogP contribution in [0.3, 0.4) is 0 Å². The standard InChI is InChI=1S/C14H21N3O3/c1-3-7-20-8-6-13(18)16-12-9-11(14(15)17-19)5-4-10(12)2/h4-5,9,19H,3,6-8H2,1-2H3,(H2,15,17)(H,16,18). The normalized spacial score (nSPS) is 11.4. The van der Waals surface area contributed by atoms with Crippen LogP contribution in [-0.2, 0) is 9.53 Å². The number of oxime groups is 1. The number of nitrogens with one attached hydrogen (secondary N) is 1. The van der Waals surface area contributed by atoms with Crippen molar-refractivity contribution in [2.45, 2.75) is 26.7 Å². The monoisotopic (exact) mass is 279 g/mol. The van der Waals surface area contributed by atoms with Gasteiger partial charge in [-0.25, -0.2) is 0 Å². The maximum absolute atomic E-state index is 11.8. The van der Waals surface area contributed by atoms with Crippen LogP contribution < -0.4 is 11.1 Å². The molecule has 0 aliphatic carbocycles. The van der Waals surface area contributed by atoms with Crippen molar-refractivity contribution < 1.29 is 14.7 Å². The number of carbonyl (C=O) groups is 1. The number of anilines is 1. The van der Waals surface area contributed by atoms with Crippen LogP contribution in [0.4, 0.5) is 5.69 Å². The molecule has 0 saturated heterocycles. The molecule has 0 radical (unpaired) electrons. The van der Waals surface area contributed by atoms with Crippen LogP contribution in [0, 0.1) is 6.92 Å². The first-order chi connectivity index (χ1) is 9.58. The maximum Gasteiger partial charge on any atom is 0.226 e. The van der Waals surface area contributed by atoms with E-state index in [1.165, 1.54) is 0 Å². The molecule has 1 aromatic rings. The molecule has 0 aliphatic rings. The van der Waals surface area contributed by atoms with Crippen molar-refractivity contribution >= 4 is 17.4 Å². The number of nitrogens with zero attached hydrogens (tertiary/aromatic N) is 1. The van der Waals surface area contributed by atoms with E-state index in [0.717, 1.165) is 12.0 Å². The number of hydrogen-bond donors (Lipinski definition) is 3. The van der Waals surface area contributed by atoms with Crippen LogP contribution in [0.1, 0.15) is 30.9 Å². The van der Waals surface area contributed by atoms with Crippen molar-refractivity contribution in [3.05, 3.63) is 29.3 Å². The highest BCUT2D eigenvalue weighted by Crippen LogP contribution is 2.17. The lowest BCUT2D eigenvalue weighted by molar-refractivity contribution is -0.117. The van der Waals surface area contributed by atoms with Crippen molar-refractivity contribution in [1.29, 1.82) is 0 Å². The number of amides is 1. The van der Waals surface area contributed by atoms with Crippen LogP contribution in [0.2, 0.25) is 0 Å². The Bertz CT molecular complexity index is 487. The fraction of sp³-hybridized carbons (Fsp3) is 0.429. The minimum atomic E-state index is -0.124. The lowest BCUT2D eigenvalue weighted by Gasteiger charge is -2.10. The molecule has 0 bridgehead atoms. The molecule has 20 heavy (non-hydrogen) atoms. The first-order valence-electron chi connectivity index (χ1n) is 6.54. The summed E-state index contributed by atoms with van der Waals surface area (Å²) in [5.74, 6) is -0.118. The van der Waals surface area contributed by atoms with Gasteiger partial charge in [0.25, 0.3) is 0 Å². The molecule has 6 heteroatoms. The van der Waals surface area contributed by atoms with Gasteiger partial charge in [0.2, 0.25) is 5.91 Å². The Labute approximate surface area is 118 Å². The molecule has 0 aliphatic heterocycles. The zero-order valence-electron chi connectivity index (χ0n) is 11.8. The molecule has 1 aromatic carbocycles. The summed E-state index contributed by atoms with van der Waals surface area (Å²) in [7, 11) is 0. The zero-order chi connectivity index (χ0) is 15.0. The molecule has 0 atom stereocenters. The Morgan fingerprint density at radius 2 is 2.20 bits per heavy atom. The van der Waals surface area contributed by atoms with Crippen LogP contribution in [0.15, 0.2) is 23.4 Å². The second-order valence-electron chi connectivity index (χ2n) is 4.43. The third-order valence-electron chi connectivity index (χ3n) is 2.74. The quantitative estimate of drug-likeness (QED) is 0.233. The molecule has 1 amide bonds. The molecule has 4 N–H and O–H groups in total. The van der Waals surface area contributed by atoms with Gasteiger partial charge in [0, 0.05) is 17.9 Å². The van der Waals surface area contributed by atoms with E-state index in [1.807, 2.05) is 13.8 Å². The van der Waals surface area contributed by atoms with E-state index in [0.29, 0.717) is 30.9 Å². The van der Waals surface area contributed by atoms with Crippen LogP contribution in [-0.4, -0.2) is 30.2 Å². The summed E-state index contributed by atoms with van der Waals surface area (Å²) in [6.07, 6.45) is 1.23. The number of aryl methyl sites for hydroxylation is 1. The summed E-state index contributed by atoms with van der Waals surface area (Å²) in [6.45, 7) is 4.95. The molecule has 1 rings (SSSR count). The van der Waals surface area contributed by atoms with Gasteiger partial charge in [0.1, 0.15) is 0 Å². The molecule has 0 spiro atoms. The largest absolute Gasteiger partial charge is 0.409 e. The van der Waals surface area contributed by atoms with Gasteiger partial charge in [-0.05, 0) is 25.0 Å². The van der Waals surface area contributed by atoms with E-state index in [1.54, 1.807) is 18.2 Å². The van der Waals surface area contributed by atoms with Crippen LogP contribution in [0.25, 0.3) is 0 Å². The minimum absolute atomic E-state index is 0.00628. The summed E-state index contributed by atoms with van der Waals surface area (Å²) in [5, 5.41) is 14.4. The topological polar surface area (TPSA) is 96.9 Å². The van der Waals surface area contributed by atoms with E-state index in [9.17, 15) is 4.79 Å². The number of amidine groups is 1. The zero-order valence-corrected chi connectivity index (χ0v) is 11.8. The van der Waals surface area contributed by atoms with E-state index in [4.69, 9.17) is 15.7 Å². The van der Waals surface area contributed by atoms with E-state index >= 15 is 0 Å². The van der Waals surface area contributed by atoms with Gasteiger partial charge in [0.15, 0.2) is 5.84 Å². The molecule has 0 aromatic heterocycles. The molecule has 110 valence electrons. The number of benzene rings is 1. The predicted molar refractivity (Wildman–Crippen MR) is 78.0 cm³/mol. The fourth-order valence-electron chi connectivity index (χ4n) is 1.60. The molecular weight excluding hydrogens is 258 g/mol. The number of nitrogens with two attached hydrogens (primary N) is 1. The molecule has 0 saturated carbocycles. The number of rotatable bonds is 7. The average Bonchev–Trinajstić information content (AvgIpc) is 2.45. The van der Waals surface area contributed by atoms with E-state index in [-0.39, 0.29) is 11.7 Å². The van der Waals surface area contributed by atoms with Gasteiger partial charge in [-0.15, -0.1) is 0 Å². The SMILES string of the molecule is CCCOCCC(=O)Nc1cc(C(N)=NO)ccc1C. The molecule has 6 nitrogen and oxygen atoms in total. The first-order valence-corrected chi connectivity index (χ1v) is 6.54. The van der Waals surface area contributed by atoms with Gasteiger partial charge in [0.05, 0.1) is 13.0 Å². The Morgan fingerprint density at radius 1 is 1.45 bits per heavy atom. The van der Waals surface area contributed by atoms with Crippen molar-refractivity contribution in [2.75, 3.05) is 18.5 Å². The summed E-state index contributed by atoms with van der Waals surface area (Å²) >= 11 is 0. The minimum Gasteiger partial charge on any atom is -0.409 e. The number of carbonyl (C=O) groups excluding carboxylic acids is 1. The molecule has 0 heterocycles. The highest BCUT2D eigenvalue weighted by molar-refractivity contribution is 5.99. The summed E-state index contributed by atoms with van der Waals surface area (Å²) < 4.78 is 5.27. The second kappa shape index (κ2) is 8.16. The van der Waals surface area contributed by atoms with Crippen LogP contribution >= 0.6 is 0 Å². The van der Waals surface area contributed by atoms with Gasteiger partial charge < -0.3 is 21.0 Å². The third kappa shape index (κ3) is 4.89. The van der Waals surface area contributed by atoms with Gasteiger partial charge in [-0.1, -0.05) is 24.2 Å². The van der Waals surface area contributed by atoms with Crippen molar-refractivity contribution in [3.8, 4) is 0 Å². The van der Waals surface area contributed by atoms with E-state index in [2.05, 4.69) is 10.5 Å². The highest BCUT2D eigenvalue weighted by Gasteiger charge is 2.07. The second-order valence-corrected chi connectivity index (χ2v) is 4.43. The Hall–Kier alpha value is -2.08. The van der Waals surface area contributed by atoms with Gasteiger partial charge >= 0.3 is 0 Å². The van der Waals surface area contributed by atoms with Gasteiger partial charge in [-0.2, -0.15) is 0 Å². The first kappa shape index (κ1) is 16.0.